The standard InChI is InChI=1S/C14H18N4O2/c1-10-9-18(7-4-8-19-10)13-12(5-3-6-15-13)14-16-11(2)17-20-14/h3,5-6,10H,4,7-9H2,1-2H3. The van der Waals surface area contributed by atoms with Crippen molar-refractivity contribution in [2.24, 2.45) is 0 Å². The van der Waals surface area contributed by atoms with E-state index in [9.17, 15) is 0 Å². The van der Waals surface area contributed by atoms with Crippen molar-refractivity contribution in [1.29, 1.82) is 0 Å². The Balaban J connectivity index is 1.96. The highest BCUT2D eigenvalue weighted by Gasteiger charge is 2.21. The van der Waals surface area contributed by atoms with Crippen LogP contribution in [-0.2, 0) is 4.74 Å². The highest BCUT2D eigenvalue weighted by molar-refractivity contribution is 5.69. The summed E-state index contributed by atoms with van der Waals surface area (Å²) in [7, 11) is 0. The maximum atomic E-state index is 5.68. The minimum atomic E-state index is 0.191. The van der Waals surface area contributed by atoms with Crippen molar-refractivity contribution in [1.82, 2.24) is 15.1 Å². The zero-order valence-electron chi connectivity index (χ0n) is 11.7. The lowest BCUT2D eigenvalue weighted by molar-refractivity contribution is 0.0820. The number of pyridine rings is 1. The number of aromatic nitrogens is 3. The van der Waals surface area contributed by atoms with Crippen LogP contribution in [0.1, 0.15) is 19.2 Å². The van der Waals surface area contributed by atoms with Crippen LogP contribution in [0, 0.1) is 6.92 Å². The van der Waals surface area contributed by atoms with E-state index < -0.39 is 0 Å². The number of rotatable bonds is 2. The Morgan fingerprint density at radius 3 is 3.10 bits per heavy atom. The van der Waals surface area contributed by atoms with Crippen molar-refractivity contribution >= 4 is 5.82 Å². The Morgan fingerprint density at radius 1 is 1.40 bits per heavy atom. The van der Waals surface area contributed by atoms with Gasteiger partial charge in [-0.2, -0.15) is 4.98 Å². The SMILES string of the molecule is Cc1noc(-c2cccnc2N2CCCOC(C)C2)n1. The van der Waals surface area contributed by atoms with E-state index >= 15 is 0 Å². The van der Waals surface area contributed by atoms with Gasteiger partial charge in [0.05, 0.1) is 11.7 Å². The van der Waals surface area contributed by atoms with Crippen molar-refractivity contribution in [2.75, 3.05) is 24.6 Å². The molecule has 1 atom stereocenters. The third-order valence-electron chi connectivity index (χ3n) is 3.30. The smallest absolute Gasteiger partial charge is 0.261 e. The van der Waals surface area contributed by atoms with E-state index in [1.54, 1.807) is 6.20 Å². The fraction of sp³-hybridized carbons (Fsp3) is 0.500. The summed E-state index contributed by atoms with van der Waals surface area (Å²) in [6, 6.07) is 3.85. The molecule has 0 aromatic carbocycles. The summed E-state index contributed by atoms with van der Waals surface area (Å²) in [5.41, 5.74) is 0.877. The molecule has 0 spiro atoms. The van der Waals surface area contributed by atoms with Crippen molar-refractivity contribution < 1.29 is 9.26 Å². The van der Waals surface area contributed by atoms with Crippen LogP contribution in [0.5, 0.6) is 0 Å². The molecule has 0 radical (unpaired) electrons. The first-order valence-electron chi connectivity index (χ1n) is 6.86. The van der Waals surface area contributed by atoms with Gasteiger partial charge in [0, 0.05) is 25.9 Å². The third kappa shape index (κ3) is 2.65. The van der Waals surface area contributed by atoms with Gasteiger partial charge in [0.25, 0.3) is 5.89 Å². The lowest BCUT2D eigenvalue weighted by atomic mass is 10.2. The Labute approximate surface area is 117 Å². The summed E-state index contributed by atoms with van der Waals surface area (Å²) >= 11 is 0. The average Bonchev–Trinajstić information content (AvgIpc) is 2.76. The number of anilines is 1. The molecule has 0 N–H and O–H groups in total. The maximum absolute atomic E-state index is 5.68. The Kier molecular flexibility index (Phi) is 3.64. The quantitative estimate of drug-likeness (QED) is 0.835. The van der Waals surface area contributed by atoms with E-state index in [-0.39, 0.29) is 6.10 Å². The van der Waals surface area contributed by atoms with Crippen molar-refractivity contribution in [3.05, 3.63) is 24.2 Å². The molecule has 2 aromatic rings. The molecule has 1 saturated heterocycles. The first-order valence-corrected chi connectivity index (χ1v) is 6.86. The maximum Gasteiger partial charge on any atom is 0.261 e. The van der Waals surface area contributed by atoms with Gasteiger partial charge in [-0.15, -0.1) is 0 Å². The van der Waals surface area contributed by atoms with Gasteiger partial charge < -0.3 is 14.2 Å². The van der Waals surface area contributed by atoms with Crippen LogP contribution in [0.15, 0.2) is 22.9 Å². The van der Waals surface area contributed by atoms with Crippen molar-refractivity contribution in [2.45, 2.75) is 26.4 Å². The summed E-state index contributed by atoms with van der Waals surface area (Å²) in [5, 5.41) is 3.86. The van der Waals surface area contributed by atoms with Crippen LogP contribution in [-0.4, -0.2) is 40.9 Å². The van der Waals surface area contributed by atoms with Gasteiger partial charge in [-0.1, -0.05) is 5.16 Å². The first kappa shape index (κ1) is 13.1. The Hall–Kier alpha value is -1.95. The fourth-order valence-corrected chi connectivity index (χ4v) is 2.41. The zero-order valence-corrected chi connectivity index (χ0v) is 11.7. The zero-order chi connectivity index (χ0) is 13.9. The summed E-state index contributed by atoms with van der Waals surface area (Å²) in [5.74, 6) is 2.03. The van der Waals surface area contributed by atoms with Crippen LogP contribution < -0.4 is 4.90 Å². The van der Waals surface area contributed by atoms with Gasteiger partial charge in [-0.25, -0.2) is 4.98 Å². The Bertz CT molecular complexity index is 584. The first-order chi connectivity index (χ1) is 9.74. The monoisotopic (exact) mass is 274 g/mol. The largest absolute Gasteiger partial charge is 0.377 e. The van der Waals surface area contributed by atoms with Crippen LogP contribution in [0.4, 0.5) is 5.82 Å². The molecule has 3 heterocycles. The minimum absolute atomic E-state index is 0.191. The number of ether oxygens (including phenoxy) is 1. The minimum Gasteiger partial charge on any atom is -0.377 e. The topological polar surface area (TPSA) is 64.3 Å². The van der Waals surface area contributed by atoms with Gasteiger partial charge in [0.1, 0.15) is 5.82 Å². The lowest BCUT2D eigenvalue weighted by Crippen LogP contribution is -2.31. The van der Waals surface area contributed by atoms with Gasteiger partial charge in [-0.3, -0.25) is 0 Å². The fourth-order valence-electron chi connectivity index (χ4n) is 2.41. The molecule has 1 aliphatic rings. The second-order valence-corrected chi connectivity index (χ2v) is 5.00. The second-order valence-electron chi connectivity index (χ2n) is 5.00. The molecule has 6 nitrogen and oxygen atoms in total. The molecule has 0 aliphatic carbocycles. The normalized spacial score (nSPS) is 19.9. The van der Waals surface area contributed by atoms with E-state index in [0.29, 0.717) is 11.7 Å². The van der Waals surface area contributed by atoms with Crippen LogP contribution in [0.3, 0.4) is 0 Å². The molecule has 0 amide bonds. The molecular weight excluding hydrogens is 256 g/mol. The average molecular weight is 274 g/mol. The number of hydrogen-bond acceptors (Lipinski definition) is 6. The van der Waals surface area contributed by atoms with Crippen molar-refractivity contribution in [3.63, 3.8) is 0 Å². The third-order valence-corrected chi connectivity index (χ3v) is 3.30. The number of aryl methyl sites for hydroxylation is 1. The molecule has 1 unspecified atom stereocenters. The van der Waals surface area contributed by atoms with E-state index in [1.165, 1.54) is 0 Å². The molecule has 2 aromatic heterocycles. The van der Waals surface area contributed by atoms with E-state index in [4.69, 9.17) is 9.26 Å². The molecule has 0 bridgehead atoms. The predicted octanol–water partition coefficient (Wildman–Crippen LogP) is 2.06. The van der Waals surface area contributed by atoms with Gasteiger partial charge in [-0.05, 0) is 32.4 Å². The summed E-state index contributed by atoms with van der Waals surface area (Å²) in [4.78, 5) is 11.0. The molecule has 0 saturated carbocycles. The van der Waals surface area contributed by atoms with Gasteiger partial charge in [0.15, 0.2) is 5.82 Å². The Morgan fingerprint density at radius 2 is 2.30 bits per heavy atom. The molecule has 106 valence electrons. The summed E-state index contributed by atoms with van der Waals surface area (Å²) in [6.07, 6.45) is 2.97. The molecular formula is C14H18N4O2. The van der Waals surface area contributed by atoms with E-state index in [1.807, 2.05) is 19.1 Å². The van der Waals surface area contributed by atoms with E-state index in [0.717, 1.165) is 37.5 Å². The van der Waals surface area contributed by atoms with Crippen molar-refractivity contribution in [3.8, 4) is 11.5 Å². The van der Waals surface area contributed by atoms with Crippen LogP contribution in [0.2, 0.25) is 0 Å². The van der Waals surface area contributed by atoms with Gasteiger partial charge in [0.2, 0.25) is 0 Å². The lowest BCUT2D eigenvalue weighted by Gasteiger charge is -2.24. The molecule has 1 fully saturated rings. The highest BCUT2D eigenvalue weighted by Crippen LogP contribution is 2.28. The van der Waals surface area contributed by atoms with Crippen LogP contribution >= 0.6 is 0 Å². The summed E-state index contributed by atoms with van der Waals surface area (Å²) in [6.45, 7) is 6.42. The summed E-state index contributed by atoms with van der Waals surface area (Å²) < 4.78 is 11.0. The molecule has 3 rings (SSSR count). The molecule has 1 aliphatic heterocycles. The second kappa shape index (κ2) is 5.58. The van der Waals surface area contributed by atoms with Crippen LogP contribution in [0.25, 0.3) is 11.5 Å². The predicted molar refractivity (Wildman–Crippen MR) is 74.5 cm³/mol. The van der Waals surface area contributed by atoms with Gasteiger partial charge >= 0.3 is 0 Å². The molecule has 6 heteroatoms. The number of nitrogens with zero attached hydrogens (tertiary/aromatic N) is 4. The number of hydrogen-bond donors (Lipinski definition) is 0. The van der Waals surface area contributed by atoms with E-state index in [2.05, 4.69) is 26.9 Å². The molecule has 20 heavy (non-hydrogen) atoms. The highest BCUT2D eigenvalue weighted by atomic mass is 16.5.